The molecule has 112 valence electrons. The molecule has 20 heavy (non-hydrogen) atoms. The second kappa shape index (κ2) is 7.52. The third kappa shape index (κ3) is 4.91. The summed E-state index contributed by atoms with van der Waals surface area (Å²) in [6.07, 6.45) is 3.74. The van der Waals surface area contributed by atoms with E-state index in [1.807, 2.05) is 0 Å². The van der Waals surface area contributed by atoms with Crippen LogP contribution in [-0.2, 0) is 14.3 Å². The van der Waals surface area contributed by atoms with Crippen LogP contribution in [0.3, 0.4) is 0 Å². The van der Waals surface area contributed by atoms with Gasteiger partial charge in [-0.2, -0.15) is 0 Å². The molecule has 2 N–H and O–H groups in total. The first-order valence-electron chi connectivity index (χ1n) is 6.52. The Hall–Kier alpha value is -2.05. The Morgan fingerprint density at radius 1 is 1.40 bits per heavy atom. The normalized spacial score (nSPS) is 20.5. The van der Waals surface area contributed by atoms with Crippen molar-refractivity contribution in [1.29, 1.82) is 0 Å². The maximum Gasteiger partial charge on any atom is 0.317 e. The fourth-order valence-electron chi connectivity index (χ4n) is 1.85. The van der Waals surface area contributed by atoms with Gasteiger partial charge in [0.25, 0.3) is 0 Å². The predicted molar refractivity (Wildman–Crippen MR) is 71.1 cm³/mol. The highest BCUT2D eigenvalue weighted by molar-refractivity contribution is 5.77. The second-order valence-corrected chi connectivity index (χ2v) is 4.60. The van der Waals surface area contributed by atoms with E-state index >= 15 is 0 Å². The number of hydrogen-bond acceptors (Lipinski definition) is 4. The molecule has 0 aromatic heterocycles. The lowest BCUT2D eigenvalue weighted by Crippen LogP contribution is -2.43. The van der Waals surface area contributed by atoms with E-state index in [9.17, 15) is 14.4 Å². The Bertz CT molecular complexity index is 408. The number of nitrogens with zero attached hydrogens (tertiary/aromatic N) is 1. The van der Waals surface area contributed by atoms with Gasteiger partial charge in [0.15, 0.2) is 0 Å². The average Bonchev–Trinajstić information content (AvgIpc) is 2.85. The molecule has 7 nitrogen and oxygen atoms in total. The topological polar surface area (TPSA) is 95.9 Å². The van der Waals surface area contributed by atoms with Gasteiger partial charge in [-0.05, 0) is 13.3 Å². The molecule has 0 aliphatic heterocycles. The fraction of sp³-hybridized carbons (Fsp3) is 0.615. The zero-order valence-corrected chi connectivity index (χ0v) is 11.7. The Kier molecular flexibility index (Phi) is 6.02. The first kappa shape index (κ1) is 16.0. The van der Waals surface area contributed by atoms with E-state index in [-0.39, 0.29) is 31.0 Å². The van der Waals surface area contributed by atoms with Gasteiger partial charge in [0, 0.05) is 13.6 Å². The molecule has 1 rings (SSSR count). The molecule has 2 unspecified atom stereocenters. The van der Waals surface area contributed by atoms with Gasteiger partial charge in [-0.1, -0.05) is 12.2 Å². The van der Waals surface area contributed by atoms with Crippen LogP contribution < -0.4 is 5.32 Å². The lowest BCUT2D eigenvalue weighted by molar-refractivity contribution is -0.143. The van der Waals surface area contributed by atoms with Gasteiger partial charge >= 0.3 is 18.0 Å². The fourth-order valence-corrected chi connectivity index (χ4v) is 1.85. The number of amides is 2. The number of rotatable bonds is 6. The molecular weight excluding hydrogens is 264 g/mol. The molecule has 0 fully saturated rings. The minimum Gasteiger partial charge on any atom is -0.481 e. The van der Waals surface area contributed by atoms with Crippen LogP contribution in [-0.4, -0.2) is 54.2 Å². The Morgan fingerprint density at radius 3 is 2.65 bits per heavy atom. The zero-order chi connectivity index (χ0) is 15.1. The van der Waals surface area contributed by atoms with Crippen molar-refractivity contribution in [2.24, 2.45) is 5.92 Å². The number of aliphatic carboxylic acids is 1. The zero-order valence-electron chi connectivity index (χ0n) is 11.7. The van der Waals surface area contributed by atoms with Gasteiger partial charge in [0.1, 0.15) is 0 Å². The molecule has 1 aliphatic rings. The molecule has 2 amide bonds. The molecule has 0 heterocycles. The number of urea groups is 1. The van der Waals surface area contributed by atoms with Gasteiger partial charge < -0.3 is 20.1 Å². The van der Waals surface area contributed by atoms with Gasteiger partial charge in [0.05, 0.1) is 25.0 Å². The van der Waals surface area contributed by atoms with E-state index < -0.39 is 11.9 Å². The summed E-state index contributed by atoms with van der Waals surface area (Å²) in [5.41, 5.74) is 0. The summed E-state index contributed by atoms with van der Waals surface area (Å²) < 4.78 is 4.77. The summed E-state index contributed by atoms with van der Waals surface area (Å²) in [7, 11) is 1.57. The molecule has 0 saturated heterocycles. The van der Waals surface area contributed by atoms with Crippen molar-refractivity contribution in [3.63, 3.8) is 0 Å². The molecule has 2 atom stereocenters. The van der Waals surface area contributed by atoms with Crippen molar-refractivity contribution in [2.75, 3.05) is 20.2 Å². The highest BCUT2D eigenvalue weighted by Gasteiger charge is 2.26. The number of nitrogens with one attached hydrogen (secondary N) is 1. The van der Waals surface area contributed by atoms with E-state index in [2.05, 4.69) is 5.32 Å². The number of hydrogen-bond donors (Lipinski definition) is 2. The van der Waals surface area contributed by atoms with Gasteiger partial charge in [0.2, 0.25) is 0 Å². The first-order chi connectivity index (χ1) is 9.43. The molecular formula is C13H20N2O5. The predicted octanol–water partition coefficient (Wildman–Crippen LogP) is 0.610. The van der Waals surface area contributed by atoms with Crippen LogP contribution in [0.2, 0.25) is 0 Å². The SMILES string of the molecule is CCOC(=O)CCN(C)C(=O)NC1C=CC(C(=O)O)C1. The van der Waals surface area contributed by atoms with Crippen LogP contribution in [0.15, 0.2) is 12.2 Å². The summed E-state index contributed by atoms with van der Waals surface area (Å²) in [5, 5.41) is 11.5. The van der Waals surface area contributed by atoms with Crippen LogP contribution in [0, 0.1) is 5.92 Å². The van der Waals surface area contributed by atoms with E-state index in [0.29, 0.717) is 13.0 Å². The minimum absolute atomic E-state index is 0.135. The van der Waals surface area contributed by atoms with Crippen molar-refractivity contribution in [1.82, 2.24) is 10.2 Å². The molecule has 0 aromatic rings. The van der Waals surface area contributed by atoms with Crippen LogP contribution in [0.1, 0.15) is 19.8 Å². The number of carboxylic acids is 1. The quantitative estimate of drug-likeness (QED) is 0.550. The van der Waals surface area contributed by atoms with Crippen LogP contribution in [0.25, 0.3) is 0 Å². The highest BCUT2D eigenvalue weighted by Crippen LogP contribution is 2.18. The smallest absolute Gasteiger partial charge is 0.317 e. The number of carboxylic acid groups (broad SMARTS) is 1. The summed E-state index contributed by atoms with van der Waals surface area (Å²) in [5.74, 6) is -1.79. The molecule has 0 bridgehead atoms. The molecule has 7 heteroatoms. The maximum atomic E-state index is 11.8. The Balaban J connectivity index is 2.31. The second-order valence-electron chi connectivity index (χ2n) is 4.60. The largest absolute Gasteiger partial charge is 0.481 e. The average molecular weight is 284 g/mol. The van der Waals surface area contributed by atoms with Crippen molar-refractivity contribution in [3.8, 4) is 0 Å². The Labute approximate surface area is 117 Å². The third-order valence-corrected chi connectivity index (χ3v) is 3.01. The molecule has 0 radical (unpaired) electrons. The van der Waals surface area contributed by atoms with Gasteiger partial charge in [-0.3, -0.25) is 9.59 Å². The number of ether oxygens (including phenoxy) is 1. The van der Waals surface area contributed by atoms with Crippen molar-refractivity contribution in [3.05, 3.63) is 12.2 Å². The van der Waals surface area contributed by atoms with E-state index in [1.165, 1.54) is 4.90 Å². The summed E-state index contributed by atoms with van der Waals surface area (Å²) in [4.78, 5) is 35.2. The maximum absolute atomic E-state index is 11.8. The van der Waals surface area contributed by atoms with Crippen LogP contribution in [0.5, 0.6) is 0 Å². The molecule has 0 aromatic carbocycles. The van der Waals surface area contributed by atoms with Gasteiger partial charge in [-0.15, -0.1) is 0 Å². The number of esters is 1. The monoisotopic (exact) mass is 284 g/mol. The highest BCUT2D eigenvalue weighted by atomic mass is 16.5. The van der Waals surface area contributed by atoms with Crippen molar-refractivity contribution < 1.29 is 24.2 Å². The molecule has 0 spiro atoms. The van der Waals surface area contributed by atoms with E-state index in [1.54, 1.807) is 26.1 Å². The third-order valence-electron chi connectivity index (χ3n) is 3.01. The Morgan fingerprint density at radius 2 is 2.10 bits per heavy atom. The van der Waals surface area contributed by atoms with Crippen LogP contribution >= 0.6 is 0 Å². The van der Waals surface area contributed by atoms with E-state index in [4.69, 9.17) is 9.84 Å². The summed E-state index contributed by atoms with van der Waals surface area (Å²) in [6, 6.07) is -0.622. The minimum atomic E-state index is -0.895. The van der Waals surface area contributed by atoms with Crippen LogP contribution in [0.4, 0.5) is 4.79 Å². The number of carbonyl (C=O) groups is 3. The lowest BCUT2D eigenvalue weighted by atomic mass is 10.1. The lowest BCUT2D eigenvalue weighted by Gasteiger charge is -2.20. The summed E-state index contributed by atoms with van der Waals surface area (Å²) >= 11 is 0. The summed E-state index contributed by atoms with van der Waals surface area (Å²) in [6.45, 7) is 2.29. The van der Waals surface area contributed by atoms with E-state index in [0.717, 1.165) is 0 Å². The molecule has 1 aliphatic carbocycles. The van der Waals surface area contributed by atoms with Crippen molar-refractivity contribution >= 4 is 18.0 Å². The molecule has 0 saturated carbocycles. The number of carbonyl (C=O) groups excluding carboxylic acids is 2. The van der Waals surface area contributed by atoms with Gasteiger partial charge in [-0.25, -0.2) is 4.79 Å². The first-order valence-corrected chi connectivity index (χ1v) is 6.52. The van der Waals surface area contributed by atoms with Crippen molar-refractivity contribution in [2.45, 2.75) is 25.8 Å². The standard InChI is InChI=1S/C13H20N2O5/c1-3-20-11(16)6-7-15(2)13(19)14-10-5-4-9(8-10)12(17)18/h4-5,9-10H,3,6-8H2,1-2H3,(H,14,19)(H,17,18).